The fraction of sp³-hybridized carbons (Fsp3) is 0.200. The Morgan fingerprint density at radius 2 is 1.88 bits per heavy atom. The molecule has 0 bridgehead atoms. The Labute approximate surface area is 111 Å². The van der Waals surface area contributed by atoms with E-state index in [4.69, 9.17) is 23.2 Å². The molecule has 1 aromatic carbocycles. The molecule has 0 saturated heterocycles. The Bertz CT molecular complexity index is 520. The Balaban J connectivity index is 0.000000606. The van der Waals surface area contributed by atoms with E-state index in [1.54, 1.807) is 0 Å². The molecule has 0 atom stereocenters. The zero-order valence-corrected chi connectivity index (χ0v) is 11.7. The number of rotatable bonds is 0. The van der Waals surface area contributed by atoms with E-state index in [9.17, 15) is 4.39 Å². The van der Waals surface area contributed by atoms with Crippen LogP contribution in [0.25, 0.3) is 10.9 Å². The van der Waals surface area contributed by atoms with Gasteiger partial charge >= 0.3 is 0 Å². The largest absolute Gasteiger partial charge is 0.233 e. The smallest absolute Gasteiger partial charge is 0.165 e. The first kappa shape index (κ1) is 13.6. The molecular weight excluding hydrogens is 318 g/mol. The Hall–Kier alpha value is -0.450. The molecule has 0 unspecified atom stereocenters. The van der Waals surface area contributed by atoms with Crippen molar-refractivity contribution in [2.75, 3.05) is 0 Å². The fourth-order valence-corrected chi connectivity index (χ4v) is 1.76. The van der Waals surface area contributed by atoms with Crippen molar-refractivity contribution in [3.8, 4) is 0 Å². The Kier molecular flexibility index (Phi) is 4.89. The topological polar surface area (TPSA) is 25.8 Å². The fourth-order valence-electron chi connectivity index (χ4n) is 1.08. The maximum Gasteiger partial charge on any atom is 0.165 e. The molecule has 2 aromatic rings. The molecule has 1 heterocycles. The third kappa shape index (κ3) is 2.44. The van der Waals surface area contributed by atoms with Crippen LogP contribution in [0, 0.1) is 5.82 Å². The predicted molar refractivity (Wildman–Crippen MR) is 68.6 cm³/mol. The Morgan fingerprint density at radius 1 is 1.25 bits per heavy atom. The van der Waals surface area contributed by atoms with Crippen molar-refractivity contribution in [1.82, 2.24) is 9.97 Å². The molecule has 16 heavy (non-hydrogen) atoms. The third-order valence-corrected chi connectivity index (χ3v) is 3.32. The minimum Gasteiger partial charge on any atom is -0.233 e. The first-order chi connectivity index (χ1) is 7.61. The van der Waals surface area contributed by atoms with Gasteiger partial charge in [0.05, 0.1) is 9.50 Å². The highest BCUT2D eigenvalue weighted by Crippen LogP contribution is 2.33. The summed E-state index contributed by atoms with van der Waals surface area (Å²) in [6.45, 7) is 4.00. The highest BCUT2D eigenvalue weighted by molar-refractivity contribution is 9.10. The maximum atomic E-state index is 13.6. The van der Waals surface area contributed by atoms with Crippen molar-refractivity contribution < 1.29 is 4.39 Å². The molecule has 0 aliphatic rings. The molecule has 0 saturated carbocycles. The Morgan fingerprint density at radius 3 is 2.50 bits per heavy atom. The molecular formula is C10H8BrCl2FN2. The predicted octanol–water partition coefficient (Wildman–Crippen LogP) is 4.86. The lowest BCUT2D eigenvalue weighted by atomic mass is 10.2. The molecule has 0 aliphatic heterocycles. The van der Waals surface area contributed by atoms with Crippen molar-refractivity contribution in [2.45, 2.75) is 13.8 Å². The minimum atomic E-state index is -0.531. The molecule has 0 aliphatic carbocycles. The molecule has 1 aromatic heterocycles. The van der Waals surface area contributed by atoms with E-state index in [0.29, 0.717) is 5.39 Å². The van der Waals surface area contributed by atoms with Gasteiger partial charge in [-0.2, -0.15) is 0 Å². The zero-order chi connectivity index (χ0) is 12.3. The average Bonchev–Trinajstić information content (AvgIpc) is 2.31. The summed E-state index contributed by atoms with van der Waals surface area (Å²) >= 11 is 14.5. The van der Waals surface area contributed by atoms with Crippen LogP contribution in [0.5, 0.6) is 0 Å². The van der Waals surface area contributed by atoms with E-state index in [0.717, 1.165) is 0 Å². The van der Waals surface area contributed by atoms with Gasteiger partial charge < -0.3 is 0 Å². The van der Waals surface area contributed by atoms with Crippen LogP contribution in [-0.2, 0) is 0 Å². The van der Waals surface area contributed by atoms with Gasteiger partial charge in [0.15, 0.2) is 5.82 Å². The molecule has 2 nitrogen and oxygen atoms in total. The van der Waals surface area contributed by atoms with Crippen LogP contribution in [0.4, 0.5) is 4.39 Å². The summed E-state index contributed by atoms with van der Waals surface area (Å²) in [5.41, 5.74) is 0.154. The monoisotopic (exact) mass is 324 g/mol. The summed E-state index contributed by atoms with van der Waals surface area (Å²) in [7, 11) is 0. The third-order valence-electron chi connectivity index (χ3n) is 1.72. The molecule has 0 radical (unpaired) electrons. The number of fused-ring (bicyclic) bond motifs is 1. The normalized spacial score (nSPS) is 9.88. The van der Waals surface area contributed by atoms with Crippen LogP contribution in [0.2, 0.25) is 10.2 Å². The quantitative estimate of drug-likeness (QED) is 0.510. The van der Waals surface area contributed by atoms with Gasteiger partial charge in [0.25, 0.3) is 0 Å². The molecule has 0 spiro atoms. The summed E-state index contributed by atoms with van der Waals surface area (Å²) in [6.07, 6.45) is 1.20. The first-order valence-electron chi connectivity index (χ1n) is 4.55. The lowest BCUT2D eigenvalue weighted by Gasteiger charge is -2.03. The molecule has 0 fully saturated rings. The van der Waals surface area contributed by atoms with Gasteiger partial charge in [0.2, 0.25) is 0 Å². The second kappa shape index (κ2) is 5.75. The van der Waals surface area contributed by atoms with Crippen molar-refractivity contribution in [1.29, 1.82) is 0 Å². The van der Waals surface area contributed by atoms with Crippen LogP contribution in [-0.4, -0.2) is 9.97 Å². The van der Waals surface area contributed by atoms with E-state index in [1.165, 1.54) is 12.4 Å². The van der Waals surface area contributed by atoms with Gasteiger partial charge in [-0.05, 0) is 22.0 Å². The molecule has 0 N–H and O–H groups in total. The summed E-state index contributed by atoms with van der Waals surface area (Å²) in [4.78, 5) is 7.52. The van der Waals surface area contributed by atoms with E-state index < -0.39 is 5.82 Å². The van der Waals surface area contributed by atoms with Crippen LogP contribution >= 0.6 is 39.1 Å². The number of aromatic nitrogens is 2. The SMILES string of the molecule is CC.Fc1c(Br)c(Cl)cc2c(Cl)ncnc12. The summed E-state index contributed by atoms with van der Waals surface area (Å²) in [6, 6.07) is 1.52. The van der Waals surface area contributed by atoms with Crippen LogP contribution in [0.1, 0.15) is 13.8 Å². The van der Waals surface area contributed by atoms with Crippen molar-refractivity contribution in [3.63, 3.8) is 0 Å². The summed E-state index contributed by atoms with van der Waals surface area (Å²) in [5, 5.41) is 0.829. The van der Waals surface area contributed by atoms with Gasteiger partial charge in [0.1, 0.15) is 17.0 Å². The maximum absolute atomic E-state index is 13.6. The summed E-state index contributed by atoms with van der Waals surface area (Å²) < 4.78 is 13.7. The highest BCUT2D eigenvalue weighted by Gasteiger charge is 2.13. The zero-order valence-electron chi connectivity index (χ0n) is 8.56. The molecule has 2 rings (SSSR count). The van der Waals surface area contributed by atoms with Crippen LogP contribution in [0.15, 0.2) is 16.9 Å². The minimum absolute atomic E-state index is 0.154. The number of hydrogen-bond acceptors (Lipinski definition) is 2. The van der Waals surface area contributed by atoms with E-state index in [-0.39, 0.29) is 20.2 Å². The number of halogens is 4. The lowest BCUT2D eigenvalue weighted by Crippen LogP contribution is -1.89. The van der Waals surface area contributed by atoms with Crippen LogP contribution < -0.4 is 0 Å². The van der Waals surface area contributed by atoms with Gasteiger partial charge in [-0.3, -0.25) is 0 Å². The van der Waals surface area contributed by atoms with Crippen molar-refractivity contribution in [2.24, 2.45) is 0 Å². The average molecular weight is 326 g/mol. The first-order valence-corrected chi connectivity index (χ1v) is 6.10. The van der Waals surface area contributed by atoms with Gasteiger partial charge in [-0.1, -0.05) is 37.0 Å². The number of hydrogen-bond donors (Lipinski definition) is 0. The molecule has 6 heteroatoms. The summed E-state index contributed by atoms with van der Waals surface area (Å²) in [5.74, 6) is -0.531. The second-order valence-electron chi connectivity index (χ2n) is 2.55. The van der Waals surface area contributed by atoms with Gasteiger partial charge in [0, 0.05) is 5.39 Å². The van der Waals surface area contributed by atoms with Crippen LogP contribution in [0.3, 0.4) is 0 Å². The van der Waals surface area contributed by atoms with E-state index in [2.05, 4.69) is 25.9 Å². The molecule has 86 valence electrons. The van der Waals surface area contributed by atoms with Gasteiger partial charge in [-0.25, -0.2) is 14.4 Å². The highest BCUT2D eigenvalue weighted by atomic mass is 79.9. The number of nitrogens with zero attached hydrogens (tertiary/aromatic N) is 2. The van der Waals surface area contributed by atoms with E-state index >= 15 is 0 Å². The number of benzene rings is 1. The lowest BCUT2D eigenvalue weighted by molar-refractivity contribution is 0.630. The van der Waals surface area contributed by atoms with Crippen molar-refractivity contribution >= 4 is 50.0 Å². The standard InChI is InChI=1S/C8H2BrCl2FN2.C2H6/c9-5-4(10)1-3-7(6(5)12)13-2-14-8(3)11;1-2/h1-2H;1-2H3. The second-order valence-corrected chi connectivity index (χ2v) is 4.11. The van der Waals surface area contributed by atoms with E-state index in [1.807, 2.05) is 13.8 Å². The van der Waals surface area contributed by atoms with Gasteiger partial charge in [-0.15, -0.1) is 0 Å². The van der Waals surface area contributed by atoms with Crippen molar-refractivity contribution in [3.05, 3.63) is 32.9 Å². The molecule has 0 amide bonds.